The van der Waals surface area contributed by atoms with E-state index < -0.39 is 0 Å². The first-order chi connectivity index (χ1) is 9.53. The minimum absolute atomic E-state index is 0.169. The Morgan fingerprint density at radius 1 is 1.25 bits per heavy atom. The van der Waals surface area contributed by atoms with Gasteiger partial charge in [0.15, 0.2) is 0 Å². The van der Waals surface area contributed by atoms with Gasteiger partial charge in [0.25, 0.3) is 0 Å². The van der Waals surface area contributed by atoms with Gasteiger partial charge in [0.2, 0.25) is 5.91 Å². The van der Waals surface area contributed by atoms with E-state index in [1.807, 2.05) is 0 Å². The monoisotopic (exact) mass is 281 g/mol. The molecule has 2 saturated heterocycles. The Balaban J connectivity index is 1.86. The van der Waals surface area contributed by atoms with E-state index >= 15 is 0 Å². The van der Waals surface area contributed by atoms with Crippen LogP contribution in [0, 0.1) is 11.3 Å². The van der Waals surface area contributed by atoms with Crippen LogP contribution >= 0.6 is 0 Å². The van der Waals surface area contributed by atoms with Gasteiger partial charge < -0.3 is 10.6 Å². The number of nitrogens with zero attached hydrogens (tertiary/aromatic N) is 1. The molecule has 0 aromatic heterocycles. The maximum Gasteiger partial charge on any atom is 0.226 e. The fraction of sp³-hybridized carbons (Fsp3) is 0.938. The summed E-state index contributed by atoms with van der Waals surface area (Å²) < 4.78 is 0. The Labute approximate surface area is 123 Å². The molecule has 1 amide bonds. The van der Waals surface area contributed by atoms with Crippen LogP contribution in [0.15, 0.2) is 0 Å². The highest BCUT2D eigenvalue weighted by Gasteiger charge is 2.35. The summed E-state index contributed by atoms with van der Waals surface area (Å²) in [6, 6.07) is 0.492. The molecule has 2 heterocycles. The molecular formula is C16H31N3O. The highest BCUT2D eigenvalue weighted by Crippen LogP contribution is 2.28. The van der Waals surface area contributed by atoms with Crippen molar-refractivity contribution in [2.75, 3.05) is 32.7 Å². The average molecular weight is 281 g/mol. The second-order valence-corrected chi connectivity index (χ2v) is 7.08. The quantitative estimate of drug-likeness (QED) is 0.805. The average Bonchev–Trinajstić information content (AvgIpc) is 2.93. The lowest BCUT2D eigenvalue weighted by Crippen LogP contribution is -2.51. The Bertz CT molecular complexity index is 318. The summed E-state index contributed by atoms with van der Waals surface area (Å²) in [7, 11) is 0. The number of hydrogen-bond acceptors (Lipinski definition) is 3. The second kappa shape index (κ2) is 6.90. The third kappa shape index (κ3) is 3.73. The van der Waals surface area contributed by atoms with Crippen molar-refractivity contribution in [3.8, 4) is 0 Å². The van der Waals surface area contributed by atoms with Gasteiger partial charge in [-0.15, -0.1) is 0 Å². The molecule has 4 nitrogen and oxygen atoms in total. The first kappa shape index (κ1) is 15.8. The predicted octanol–water partition coefficient (Wildman–Crippen LogP) is 1.61. The molecular weight excluding hydrogens is 250 g/mol. The molecule has 2 rings (SSSR count). The molecule has 0 aromatic carbocycles. The van der Waals surface area contributed by atoms with Crippen LogP contribution in [-0.2, 0) is 4.79 Å². The van der Waals surface area contributed by atoms with Crippen molar-refractivity contribution in [3.63, 3.8) is 0 Å². The number of hydrogen-bond donors (Lipinski definition) is 2. The van der Waals surface area contributed by atoms with Crippen molar-refractivity contribution in [2.45, 2.75) is 52.5 Å². The van der Waals surface area contributed by atoms with E-state index in [4.69, 9.17) is 0 Å². The molecule has 2 fully saturated rings. The van der Waals surface area contributed by atoms with Gasteiger partial charge >= 0.3 is 0 Å². The molecule has 1 atom stereocenters. The fourth-order valence-electron chi connectivity index (χ4n) is 3.48. The molecule has 0 saturated carbocycles. The minimum atomic E-state index is -0.169. The topological polar surface area (TPSA) is 44.4 Å². The van der Waals surface area contributed by atoms with Crippen molar-refractivity contribution >= 4 is 5.91 Å². The SMILES string of the molecule is CC(C)C(CNC(=O)C1(C)CCNCC1)N1CCCC1. The maximum absolute atomic E-state index is 12.5. The second-order valence-electron chi connectivity index (χ2n) is 7.08. The summed E-state index contributed by atoms with van der Waals surface area (Å²) in [4.78, 5) is 15.1. The fourth-order valence-corrected chi connectivity index (χ4v) is 3.48. The van der Waals surface area contributed by atoms with Crippen LogP contribution in [0.3, 0.4) is 0 Å². The summed E-state index contributed by atoms with van der Waals surface area (Å²) in [6.45, 7) is 11.8. The van der Waals surface area contributed by atoms with Gasteiger partial charge in [-0.3, -0.25) is 9.69 Å². The van der Waals surface area contributed by atoms with Gasteiger partial charge in [-0.25, -0.2) is 0 Å². The number of likely N-dealkylation sites (tertiary alicyclic amines) is 1. The van der Waals surface area contributed by atoms with Gasteiger partial charge in [0, 0.05) is 18.0 Å². The van der Waals surface area contributed by atoms with E-state index in [-0.39, 0.29) is 11.3 Å². The molecule has 1 unspecified atom stereocenters. The van der Waals surface area contributed by atoms with E-state index in [2.05, 4.69) is 36.3 Å². The Morgan fingerprint density at radius 3 is 2.40 bits per heavy atom. The molecule has 0 bridgehead atoms. The van der Waals surface area contributed by atoms with Crippen LogP contribution in [0.25, 0.3) is 0 Å². The van der Waals surface area contributed by atoms with Crippen molar-refractivity contribution in [3.05, 3.63) is 0 Å². The number of piperidine rings is 1. The zero-order valence-corrected chi connectivity index (χ0v) is 13.4. The van der Waals surface area contributed by atoms with E-state index in [0.717, 1.165) is 32.5 Å². The normalized spacial score (nSPS) is 24.8. The Hall–Kier alpha value is -0.610. The van der Waals surface area contributed by atoms with Crippen LogP contribution in [-0.4, -0.2) is 49.6 Å². The summed E-state index contributed by atoms with van der Waals surface area (Å²) in [5.41, 5.74) is -0.169. The van der Waals surface area contributed by atoms with Gasteiger partial charge in [-0.2, -0.15) is 0 Å². The summed E-state index contributed by atoms with van der Waals surface area (Å²) >= 11 is 0. The number of nitrogens with one attached hydrogen (secondary N) is 2. The van der Waals surface area contributed by atoms with Gasteiger partial charge in [0.05, 0.1) is 0 Å². The molecule has 0 spiro atoms. The zero-order valence-electron chi connectivity index (χ0n) is 13.4. The Kier molecular flexibility index (Phi) is 5.44. The van der Waals surface area contributed by atoms with Crippen LogP contribution in [0.4, 0.5) is 0 Å². The molecule has 116 valence electrons. The van der Waals surface area contributed by atoms with E-state index in [1.165, 1.54) is 25.9 Å². The molecule has 2 N–H and O–H groups in total. The van der Waals surface area contributed by atoms with E-state index in [0.29, 0.717) is 12.0 Å². The number of carbonyl (C=O) groups excluding carboxylic acids is 1. The van der Waals surface area contributed by atoms with Gasteiger partial charge in [-0.05, 0) is 57.8 Å². The highest BCUT2D eigenvalue weighted by molar-refractivity contribution is 5.82. The lowest BCUT2D eigenvalue weighted by molar-refractivity contribution is -0.131. The van der Waals surface area contributed by atoms with Crippen LogP contribution in [0.5, 0.6) is 0 Å². The minimum Gasteiger partial charge on any atom is -0.354 e. The van der Waals surface area contributed by atoms with Gasteiger partial charge in [0.1, 0.15) is 0 Å². The van der Waals surface area contributed by atoms with Crippen LogP contribution in [0.2, 0.25) is 0 Å². The molecule has 2 aliphatic heterocycles. The summed E-state index contributed by atoms with van der Waals surface area (Å²) in [5.74, 6) is 0.845. The molecule has 0 aromatic rings. The highest BCUT2D eigenvalue weighted by atomic mass is 16.2. The van der Waals surface area contributed by atoms with Gasteiger partial charge in [-0.1, -0.05) is 20.8 Å². The van der Waals surface area contributed by atoms with Crippen molar-refractivity contribution in [1.82, 2.24) is 15.5 Å². The number of amides is 1. The lowest BCUT2D eigenvalue weighted by Gasteiger charge is -2.35. The van der Waals surface area contributed by atoms with E-state index in [9.17, 15) is 4.79 Å². The molecule has 20 heavy (non-hydrogen) atoms. The first-order valence-electron chi connectivity index (χ1n) is 8.26. The third-order valence-corrected chi connectivity index (χ3v) is 5.11. The lowest BCUT2D eigenvalue weighted by atomic mass is 9.80. The number of carbonyl (C=O) groups is 1. The smallest absolute Gasteiger partial charge is 0.226 e. The standard InChI is InChI=1S/C16H31N3O/c1-13(2)14(19-10-4-5-11-19)12-18-15(20)16(3)6-8-17-9-7-16/h13-14,17H,4-12H2,1-3H3,(H,18,20). The summed E-state index contributed by atoms with van der Waals surface area (Å²) in [6.07, 6.45) is 4.52. The van der Waals surface area contributed by atoms with Crippen LogP contribution < -0.4 is 10.6 Å². The molecule has 0 radical (unpaired) electrons. The van der Waals surface area contributed by atoms with E-state index in [1.54, 1.807) is 0 Å². The predicted molar refractivity (Wildman–Crippen MR) is 82.7 cm³/mol. The van der Waals surface area contributed by atoms with Crippen molar-refractivity contribution in [1.29, 1.82) is 0 Å². The van der Waals surface area contributed by atoms with Crippen LogP contribution in [0.1, 0.15) is 46.5 Å². The largest absolute Gasteiger partial charge is 0.354 e. The Morgan fingerprint density at radius 2 is 1.85 bits per heavy atom. The molecule has 2 aliphatic rings. The first-order valence-corrected chi connectivity index (χ1v) is 8.26. The maximum atomic E-state index is 12.5. The number of rotatable bonds is 5. The third-order valence-electron chi connectivity index (χ3n) is 5.11. The zero-order chi connectivity index (χ0) is 14.6. The summed E-state index contributed by atoms with van der Waals surface area (Å²) in [5, 5.41) is 6.58. The van der Waals surface area contributed by atoms with Crippen molar-refractivity contribution < 1.29 is 4.79 Å². The molecule has 0 aliphatic carbocycles. The molecule has 4 heteroatoms. The van der Waals surface area contributed by atoms with Crippen molar-refractivity contribution in [2.24, 2.45) is 11.3 Å².